The molecule has 0 aliphatic heterocycles. The molecule has 0 bridgehead atoms. The Bertz CT molecular complexity index is 703. The van der Waals surface area contributed by atoms with E-state index >= 15 is 0 Å². The lowest BCUT2D eigenvalue weighted by molar-refractivity contribution is -0.159. The summed E-state index contributed by atoms with van der Waals surface area (Å²) >= 11 is 0. The van der Waals surface area contributed by atoms with Crippen molar-refractivity contribution in [1.82, 2.24) is 0 Å². The van der Waals surface area contributed by atoms with Crippen molar-refractivity contribution >= 4 is 35.8 Å². The van der Waals surface area contributed by atoms with Gasteiger partial charge < -0.3 is 29.5 Å². The summed E-state index contributed by atoms with van der Waals surface area (Å²) in [6.07, 6.45) is 2.98. The lowest BCUT2D eigenvalue weighted by Gasteiger charge is -2.18. The van der Waals surface area contributed by atoms with Crippen molar-refractivity contribution in [3.05, 3.63) is 0 Å². The molecule has 1 unspecified atom stereocenters. The molecule has 36 heavy (non-hydrogen) atoms. The molecule has 1 atom stereocenters. The van der Waals surface area contributed by atoms with Crippen molar-refractivity contribution < 1.29 is 58.3 Å². The minimum Gasteiger partial charge on any atom is -0.481 e. The van der Waals surface area contributed by atoms with Crippen LogP contribution in [0.2, 0.25) is 0 Å². The summed E-state index contributed by atoms with van der Waals surface area (Å²) < 4.78 is 15.6. The van der Waals surface area contributed by atoms with E-state index < -0.39 is 41.9 Å². The highest BCUT2D eigenvalue weighted by Crippen LogP contribution is 2.11. The molecule has 0 amide bonds. The van der Waals surface area contributed by atoms with Crippen molar-refractivity contribution in [1.29, 1.82) is 0 Å². The summed E-state index contributed by atoms with van der Waals surface area (Å²) in [4.78, 5) is 67.2. The molecule has 0 aromatic rings. The quantitative estimate of drug-likeness (QED) is 0.102. The van der Waals surface area contributed by atoms with Crippen LogP contribution in [0.15, 0.2) is 0 Å². The van der Waals surface area contributed by atoms with Gasteiger partial charge in [0.1, 0.15) is 12.7 Å². The lowest BCUT2D eigenvalue weighted by atomic mass is 10.1. The summed E-state index contributed by atoms with van der Waals surface area (Å²) in [6.45, 7) is -0.0149. The first-order valence-corrected chi connectivity index (χ1v) is 12.3. The minimum atomic E-state index is -0.947. The van der Waals surface area contributed by atoms with Gasteiger partial charge in [0, 0.05) is 38.5 Å². The van der Waals surface area contributed by atoms with Crippen LogP contribution in [0.5, 0.6) is 0 Å². The molecule has 206 valence electrons. The first-order valence-electron chi connectivity index (χ1n) is 12.3. The number of hydrogen-bond acceptors (Lipinski definition) is 9. The van der Waals surface area contributed by atoms with Gasteiger partial charge in [0.25, 0.3) is 0 Å². The predicted octanol–water partition coefficient (Wildman–Crippen LogP) is 3.09. The van der Waals surface area contributed by atoms with Crippen LogP contribution in [0, 0.1) is 0 Å². The zero-order chi connectivity index (χ0) is 27.2. The zero-order valence-corrected chi connectivity index (χ0v) is 20.6. The number of carboxylic acids is 3. The van der Waals surface area contributed by atoms with E-state index in [0.29, 0.717) is 57.8 Å². The molecule has 12 heteroatoms. The standard InChI is InChI=1S/C24H38O12/c25-19(26)10-1-4-13-22(31)34-16-8-7-9-18(36-24(33)15-6-3-12-21(29)30)17-35-23(32)14-5-2-11-20(27)28/h18H,1-17H2,(H,25,26)(H,27,28)(H,29,30). The molecule has 0 aliphatic carbocycles. The highest BCUT2D eigenvalue weighted by Gasteiger charge is 2.17. The molecule has 0 aliphatic rings. The van der Waals surface area contributed by atoms with Gasteiger partial charge in [-0.15, -0.1) is 0 Å². The second kappa shape index (κ2) is 21.1. The Hall–Kier alpha value is -3.18. The summed E-state index contributed by atoms with van der Waals surface area (Å²) in [5.41, 5.74) is 0. The van der Waals surface area contributed by atoms with E-state index in [1.54, 1.807) is 0 Å². The van der Waals surface area contributed by atoms with Crippen LogP contribution in [0.4, 0.5) is 0 Å². The summed E-state index contributed by atoms with van der Waals surface area (Å²) in [7, 11) is 0. The van der Waals surface area contributed by atoms with Gasteiger partial charge in [0.15, 0.2) is 0 Å². The fourth-order valence-electron chi connectivity index (χ4n) is 3.05. The van der Waals surface area contributed by atoms with Crippen molar-refractivity contribution in [2.45, 2.75) is 102 Å². The zero-order valence-electron chi connectivity index (χ0n) is 20.6. The van der Waals surface area contributed by atoms with Gasteiger partial charge in [-0.2, -0.15) is 0 Å². The Morgan fingerprint density at radius 2 is 0.917 bits per heavy atom. The average molecular weight is 519 g/mol. The predicted molar refractivity (Wildman–Crippen MR) is 124 cm³/mol. The van der Waals surface area contributed by atoms with Crippen LogP contribution >= 0.6 is 0 Å². The SMILES string of the molecule is O=C(O)CCCCC(=O)OCCCCC(COC(=O)CCCCC(=O)O)OC(=O)CCCCC(=O)O. The summed E-state index contributed by atoms with van der Waals surface area (Å²) in [6, 6.07) is 0. The van der Waals surface area contributed by atoms with Crippen LogP contribution in [-0.4, -0.2) is 70.5 Å². The largest absolute Gasteiger partial charge is 0.481 e. The fraction of sp³-hybridized carbons (Fsp3) is 0.750. The van der Waals surface area contributed by atoms with Gasteiger partial charge >= 0.3 is 35.8 Å². The smallest absolute Gasteiger partial charge is 0.306 e. The number of hydrogen-bond donors (Lipinski definition) is 3. The van der Waals surface area contributed by atoms with Crippen molar-refractivity contribution in [3.63, 3.8) is 0 Å². The van der Waals surface area contributed by atoms with Gasteiger partial charge in [0.2, 0.25) is 0 Å². The Balaban J connectivity index is 4.36. The van der Waals surface area contributed by atoms with Crippen molar-refractivity contribution in [2.75, 3.05) is 13.2 Å². The Morgan fingerprint density at radius 3 is 1.39 bits per heavy atom. The molecule has 0 aromatic heterocycles. The first-order chi connectivity index (χ1) is 17.1. The molecule has 3 N–H and O–H groups in total. The Labute approximate surface area is 210 Å². The van der Waals surface area contributed by atoms with E-state index in [1.165, 1.54) is 0 Å². The third-order valence-corrected chi connectivity index (χ3v) is 4.98. The maximum absolute atomic E-state index is 12.1. The van der Waals surface area contributed by atoms with Crippen molar-refractivity contribution in [3.8, 4) is 0 Å². The number of unbranched alkanes of at least 4 members (excludes halogenated alkanes) is 4. The topological polar surface area (TPSA) is 191 Å². The number of carbonyl (C=O) groups excluding carboxylic acids is 3. The van der Waals surface area contributed by atoms with Crippen LogP contribution in [0.3, 0.4) is 0 Å². The number of esters is 3. The van der Waals surface area contributed by atoms with Crippen LogP contribution in [0.25, 0.3) is 0 Å². The van der Waals surface area contributed by atoms with Crippen LogP contribution < -0.4 is 0 Å². The van der Waals surface area contributed by atoms with E-state index in [-0.39, 0.29) is 51.7 Å². The fourth-order valence-corrected chi connectivity index (χ4v) is 3.05. The van der Waals surface area contributed by atoms with Gasteiger partial charge in [-0.1, -0.05) is 0 Å². The molecule has 0 saturated carbocycles. The van der Waals surface area contributed by atoms with Gasteiger partial charge in [-0.05, 0) is 57.8 Å². The highest BCUT2D eigenvalue weighted by molar-refractivity contribution is 5.71. The van der Waals surface area contributed by atoms with Gasteiger partial charge in [0.05, 0.1) is 6.61 Å². The molecule has 0 rings (SSSR count). The number of carboxylic acid groups (broad SMARTS) is 3. The Morgan fingerprint density at radius 1 is 0.500 bits per heavy atom. The second-order valence-electron chi connectivity index (χ2n) is 8.31. The molecule has 0 aromatic carbocycles. The van der Waals surface area contributed by atoms with E-state index in [0.717, 1.165) is 0 Å². The second-order valence-corrected chi connectivity index (χ2v) is 8.31. The van der Waals surface area contributed by atoms with Gasteiger partial charge in [-0.25, -0.2) is 0 Å². The molecule has 0 spiro atoms. The first kappa shape index (κ1) is 32.8. The molecular weight excluding hydrogens is 480 g/mol. The summed E-state index contributed by atoms with van der Waals surface area (Å²) in [5.74, 6) is -4.28. The highest BCUT2D eigenvalue weighted by atomic mass is 16.6. The molecule has 12 nitrogen and oxygen atoms in total. The number of carbonyl (C=O) groups is 6. The monoisotopic (exact) mass is 518 g/mol. The molecule has 0 saturated heterocycles. The third-order valence-electron chi connectivity index (χ3n) is 4.98. The van der Waals surface area contributed by atoms with E-state index in [9.17, 15) is 28.8 Å². The number of aliphatic carboxylic acids is 3. The van der Waals surface area contributed by atoms with Crippen molar-refractivity contribution in [2.24, 2.45) is 0 Å². The normalized spacial score (nSPS) is 11.3. The van der Waals surface area contributed by atoms with E-state index in [2.05, 4.69) is 0 Å². The van der Waals surface area contributed by atoms with E-state index in [4.69, 9.17) is 29.5 Å². The Kier molecular flexibility index (Phi) is 19.3. The average Bonchev–Trinajstić information content (AvgIpc) is 2.80. The number of ether oxygens (including phenoxy) is 3. The molecule has 0 heterocycles. The minimum absolute atomic E-state index is 0.000143. The van der Waals surface area contributed by atoms with Crippen LogP contribution in [-0.2, 0) is 43.0 Å². The third kappa shape index (κ3) is 22.6. The molecule has 0 radical (unpaired) electrons. The van der Waals surface area contributed by atoms with Crippen LogP contribution in [0.1, 0.15) is 96.3 Å². The van der Waals surface area contributed by atoms with Gasteiger partial charge in [-0.3, -0.25) is 28.8 Å². The maximum Gasteiger partial charge on any atom is 0.306 e. The van der Waals surface area contributed by atoms with E-state index in [1.807, 2.05) is 0 Å². The lowest BCUT2D eigenvalue weighted by Crippen LogP contribution is -2.25. The molecule has 0 fully saturated rings. The maximum atomic E-state index is 12.1. The number of rotatable bonds is 23. The summed E-state index contributed by atoms with van der Waals surface area (Å²) in [5, 5.41) is 25.8. The molecular formula is C24H38O12.